The SMILES string of the molecule is COc1cc(/C=C2/SC(=O)N(CC(=O)Nc3ccc(F)cc3F)C2=O)cc(Br)c1OC. The van der Waals surface area contributed by atoms with Gasteiger partial charge in [0.1, 0.15) is 18.2 Å². The summed E-state index contributed by atoms with van der Waals surface area (Å²) >= 11 is 4.02. The number of methoxy groups -OCH3 is 2. The number of nitrogens with zero attached hydrogens (tertiary/aromatic N) is 1. The van der Waals surface area contributed by atoms with E-state index in [-0.39, 0.29) is 10.6 Å². The maximum absolute atomic E-state index is 13.7. The average Bonchev–Trinajstić information content (AvgIpc) is 2.97. The summed E-state index contributed by atoms with van der Waals surface area (Å²) in [7, 11) is 2.95. The fraction of sp³-hybridized carbons (Fsp3) is 0.150. The molecule has 1 N–H and O–H groups in total. The Labute approximate surface area is 188 Å². The highest BCUT2D eigenvalue weighted by atomic mass is 79.9. The quantitative estimate of drug-likeness (QED) is 0.576. The molecule has 0 radical (unpaired) electrons. The third-order valence-electron chi connectivity index (χ3n) is 4.13. The van der Waals surface area contributed by atoms with Gasteiger partial charge in [0.2, 0.25) is 5.91 Å². The monoisotopic (exact) mass is 512 g/mol. The van der Waals surface area contributed by atoms with Crippen LogP contribution in [0.1, 0.15) is 5.56 Å². The summed E-state index contributed by atoms with van der Waals surface area (Å²) in [6, 6.07) is 5.94. The van der Waals surface area contributed by atoms with Gasteiger partial charge in [0.05, 0.1) is 29.3 Å². The molecule has 31 heavy (non-hydrogen) atoms. The summed E-state index contributed by atoms with van der Waals surface area (Å²) in [5, 5.41) is 1.57. The highest BCUT2D eigenvalue weighted by molar-refractivity contribution is 9.10. The maximum Gasteiger partial charge on any atom is 0.294 e. The zero-order valence-corrected chi connectivity index (χ0v) is 18.6. The van der Waals surface area contributed by atoms with E-state index >= 15 is 0 Å². The van der Waals surface area contributed by atoms with E-state index < -0.39 is 35.2 Å². The van der Waals surface area contributed by atoms with Gasteiger partial charge in [-0.3, -0.25) is 19.3 Å². The van der Waals surface area contributed by atoms with Crippen LogP contribution in [0, 0.1) is 11.6 Å². The highest BCUT2D eigenvalue weighted by Gasteiger charge is 2.36. The molecule has 0 aromatic heterocycles. The predicted octanol–water partition coefficient (Wildman–Crippen LogP) is 4.42. The van der Waals surface area contributed by atoms with Crippen LogP contribution in [0.15, 0.2) is 39.7 Å². The van der Waals surface area contributed by atoms with Gasteiger partial charge in [0, 0.05) is 6.07 Å². The number of amides is 3. The van der Waals surface area contributed by atoms with Crippen LogP contribution in [-0.4, -0.2) is 42.7 Å². The zero-order chi connectivity index (χ0) is 22.7. The van der Waals surface area contributed by atoms with Crippen LogP contribution < -0.4 is 14.8 Å². The molecule has 0 saturated carbocycles. The Morgan fingerprint density at radius 2 is 1.94 bits per heavy atom. The Morgan fingerprint density at radius 3 is 2.58 bits per heavy atom. The fourth-order valence-corrected chi connectivity index (χ4v) is 4.19. The van der Waals surface area contributed by atoms with E-state index in [0.717, 1.165) is 17.0 Å². The molecule has 11 heteroatoms. The number of carbonyl (C=O) groups is 3. The van der Waals surface area contributed by atoms with E-state index in [4.69, 9.17) is 9.47 Å². The first-order chi connectivity index (χ1) is 14.7. The van der Waals surface area contributed by atoms with E-state index in [1.165, 1.54) is 20.3 Å². The maximum atomic E-state index is 13.7. The van der Waals surface area contributed by atoms with Gasteiger partial charge < -0.3 is 14.8 Å². The molecule has 2 aromatic rings. The topological polar surface area (TPSA) is 84.9 Å². The minimum atomic E-state index is -0.971. The summed E-state index contributed by atoms with van der Waals surface area (Å²) < 4.78 is 37.7. The van der Waals surface area contributed by atoms with Crippen molar-refractivity contribution in [3.05, 3.63) is 56.9 Å². The zero-order valence-electron chi connectivity index (χ0n) is 16.2. The third-order valence-corrected chi connectivity index (χ3v) is 5.63. The van der Waals surface area contributed by atoms with Gasteiger partial charge in [-0.1, -0.05) is 0 Å². The van der Waals surface area contributed by atoms with Crippen molar-refractivity contribution in [3.8, 4) is 11.5 Å². The van der Waals surface area contributed by atoms with Gasteiger partial charge >= 0.3 is 0 Å². The number of hydrogen-bond donors (Lipinski definition) is 1. The van der Waals surface area contributed by atoms with Gasteiger partial charge in [-0.2, -0.15) is 0 Å². The number of rotatable bonds is 6. The van der Waals surface area contributed by atoms with Gasteiger partial charge in [0.15, 0.2) is 11.5 Å². The normalized spacial score (nSPS) is 14.9. The second-order valence-electron chi connectivity index (χ2n) is 6.18. The van der Waals surface area contributed by atoms with Crippen LogP contribution >= 0.6 is 27.7 Å². The lowest BCUT2D eigenvalue weighted by molar-refractivity contribution is -0.127. The first-order valence-corrected chi connectivity index (χ1v) is 10.3. The van der Waals surface area contributed by atoms with Crippen LogP contribution in [0.2, 0.25) is 0 Å². The number of nitrogens with one attached hydrogen (secondary N) is 1. The van der Waals surface area contributed by atoms with E-state index in [2.05, 4.69) is 21.2 Å². The van der Waals surface area contributed by atoms with Crippen molar-refractivity contribution in [2.75, 3.05) is 26.1 Å². The van der Waals surface area contributed by atoms with E-state index in [0.29, 0.717) is 39.4 Å². The Bertz CT molecular complexity index is 1110. The molecule has 3 amide bonds. The van der Waals surface area contributed by atoms with Crippen molar-refractivity contribution in [3.63, 3.8) is 0 Å². The van der Waals surface area contributed by atoms with Crippen molar-refractivity contribution in [2.24, 2.45) is 0 Å². The predicted molar refractivity (Wildman–Crippen MR) is 115 cm³/mol. The third kappa shape index (κ3) is 5.05. The summed E-state index contributed by atoms with van der Waals surface area (Å²) in [6.07, 6.45) is 1.48. The lowest BCUT2D eigenvalue weighted by Gasteiger charge is -2.13. The molecule has 1 aliphatic rings. The smallest absolute Gasteiger partial charge is 0.294 e. The lowest BCUT2D eigenvalue weighted by Crippen LogP contribution is -2.36. The Morgan fingerprint density at radius 1 is 1.19 bits per heavy atom. The molecular formula is C20H15BrF2N2O5S. The molecule has 162 valence electrons. The Hall–Kier alpha value is -2.92. The van der Waals surface area contributed by atoms with E-state index in [9.17, 15) is 23.2 Å². The van der Waals surface area contributed by atoms with Gasteiger partial charge in [-0.05, 0) is 63.6 Å². The van der Waals surface area contributed by atoms with Crippen LogP contribution in [0.5, 0.6) is 11.5 Å². The van der Waals surface area contributed by atoms with Crippen molar-refractivity contribution in [2.45, 2.75) is 0 Å². The number of carbonyl (C=O) groups excluding carboxylic acids is 3. The number of ether oxygens (including phenoxy) is 2. The molecule has 0 spiro atoms. The number of thioether (sulfide) groups is 1. The van der Waals surface area contributed by atoms with E-state index in [1.54, 1.807) is 12.1 Å². The molecule has 7 nitrogen and oxygen atoms in total. The number of halogens is 3. The second kappa shape index (κ2) is 9.48. The van der Waals surface area contributed by atoms with Gasteiger partial charge in [-0.15, -0.1) is 0 Å². The van der Waals surface area contributed by atoms with Crippen molar-refractivity contribution in [1.82, 2.24) is 4.90 Å². The summed E-state index contributed by atoms with van der Waals surface area (Å²) in [5.41, 5.74) is 0.303. The van der Waals surface area contributed by atoms with Gasteiger partial charge in [-0.25, -0.2) is 8.78 Å². The first kappa shape index (κ1) is 22.8. The lowest BCUT2D eigenvalue weighted by atomic mass is 10.2. The average molecular weight is 513 g/mol. The molecule has 0 bridgehead atoms. The Balaban J connectivity index is 1.76. The van der Waals surface area contributed by atoms with Crippen LogP contribution in [-0.2, 0) is 9.59 Å². The largest absolute Gasteiger partial charge is 0.493 e. The minimum Gasteiger partial charge on any atom is -0.493 e. The number of hydrogen-bond acceptors (Lipinski definition) is 6. The van der Waals surface area contributed by atoms with Crippen molar-refractivity contribution >= 4 is 56.5 Å². The van der Waals surface area contributed by atoms with Crippen molar-refractivity contribution < 1.29 is 32.6 Å². The van der Waals surface area contributed by atoms with Crippen LogP contribution in [0.3, 0.4) is 0 Å². The minimum absolute atomic E-state index is 0.102. The standard InChI is InChI=1S/C20H15BrF2N2O5S/c1-29-15-6-10(5-12(21)18(15)30-2)7-16-19(27)25(20(28)31-16)9-17(26)24-14-4-3-11(22)8-13(14)23/h3-8H,9H2,1-2H3,(H,24,26)/b16-7+. The van der Waals surface area contributed by atoms with E-state index in [1.807, 2.05) is 0 Å². The molecular weight excluding hydrogens is 498 g/mol. The first-order valence-electron chi connectivity index (χ1n) is 8.65. The second-order valence-corrected chi connectivity index (χ2v) is 8.03. The number of anilines is 1. The molecule has 2 aromatic carbocycles. The highest BCUT2D eigenvalue weighted by Crippen LogP contribution is 2.38. The Kier molecular flexibility index (Phi) is 6.96. The molecule has 0 unspecified atom stereocenters. The molecule has 1 saturated heterocycles. The van der Waals surface area contributed by atoms with Gasteiger partial charge in [0.25, 0.3) is 11.1 Å². The number of imide groups is 1. The molecule has 1 heterocycles. The summed E-state index contributed by atoms with van der Waals surface area (Å²) in [6.45, 7) is -0.617. The molecule has 0 atom stereocenters. The van der Waals surface area contributed by atoms with Crippen LogP contribution in [0.4, 0.5) is 19.3 Å². The molecule has 1 fully saturated rings. The summed E-state index contributed by atoms with van der Waals surface area (Å²) in [4.78, 5) is 37.9. The fourth-order valence-electron chi connectivity index (χ4n) is 2.73. The molecule has 3 rings (SSSR count). The molecule has 1 aliphatic heterocycles. The van der Waals surface area contributed by atoms with Crippen LogP contribution in [0.25, 0.3) is 6.08 Å². The molecule has 0 aliphatic carbocycles. The van der Waals surface area contributed by atoms with Crippen molar-refractivity contribution in [1.29, 1.82) is 0 Å². The summed E-state index contributed by atoms with van der Waals surface area (Å²) in [5.74, 6) is -2.35. The number of benzene rings is 2.